The van der Waals surface area contributed by atoms with Gasteiger partial charge in [0, 0.05) is 23.8 Å². The van der Waals surface area contributed by atoms with Crippen molar-refractivity contribution in [2.24, 2.45) is 23.2 Å². The van der Waals surface area contributed by atoms with E-state index < -0.39 is 0 Å². The van der Waals surface area contributed by atoms with Crippen LogP contribution in [0.15, 0.2) is 0 Å². The lowest BCUT2D eigenvalue weighted by Gasteiger charge is -2.31. The fourth-order valence-electron chi connectivity index (χ4n) is 3.71. The van der Waals surface area contributed by atoms with E-state index in [1.165, 1.54) is 19.3 Å². The van der Waals surface area contributed by atoms with Crippen molar-refractivity contribution in [3.63, 3.8) is 0 Å². The van der Waals surface area contributed by atoms with Gasteiger partial charge in [0.1, 0.15) is 0 Å². The quantitative estimate of drug-likeness (QED) is 0.735. The van der Waals surface area contributed by atoms with Crippen molar-refractivity contribution in [3.05, 3.63) is 0 Å². The molecule has 2 rings (SSSR count). The van der Waals surface area contributed by atoms with Crippen molar-refractivity contribution in [2.45, 2.75) is 52.4 Å². The van der Waals surface area contributed by atoms with Crippen LogP contribution in [0, 0.1) is 23.2 Å². The zero-order valence-corrected chi connectivity index (χ0v) is 12.4. The third-order valence-corrected chi connectivity index (χ3v) is 6.06. The summed E-state index contributed by atoms with van der Waals surface area (Å²) in [5, 5.41) is 3.18. The molecule has 0 aromatic rings. The molecule has 2 aliphatic carbocycles. The number of rotatable bonds is 6. The molecule has 0 radical (unpaired) electrons. The highest BCUT2D eigenvalue weighted by atomic mass is 35.5. The second-order valence-electron chi connectivity index (χ2n) is 6.34. The Morgan fingerprint density at radius 2 is 2.00 bits per heavy atom. The Morgan fingerprint density at radius 1 is 1.28 bits per heavy atom. The van der Waals surface area contributed by atoms with Crippen molar-refractivity contribution >= 4 is 17.5 Å². The van der Waals surface area contributed by atoms with E-state index in [0.717, 1.165) is 31.7 Å². The van der Waals surface area contributed by atoms with E-state index in [2.05, 4.69) is 19.2 Å². The van der Waals surface area contributed by atoms with Crippen LogP contribution in [0.25, 0.3) is 0 Å². The largest absolute Gasteiger partial charge is 0.355 e. The lowest BCUT2D eigenvalue weighted by atomic mass is 9.83. The number of amides is 1. The first-order chi connectivity index (χ1) is 8.64. The minimum Gasteiger partial charge on any atom is -0.355 e. The maximum Gasteiger partial charge on any atom is 0.223 e. The van der Waals surface area contributed by atoms with Gasteiger partial charge < -0.3 is 5.32 Å². The molecule has 0 aromatic heterocycles. The second-order valence-corrected chi connectivity index (χ2v) is 6.61. The number of hydrogen-bond donors (Lipinski definition) is 1. The van der Waals surface area contributed by atoms with Crippen LogP contribution in [0.2, 0.25) is 0 Å². The van der Waals surface area contributed by atoms with Gasteiger partial charge in [-0.3, -0.25) is 4.79 Å². The molecular weight excluding hydrogens is 246 g/mol. The van der Waals surface area contributed by atoms with E-state index >= 15 is 0 Å². The number of carbonyl (C=O) groups excluding carboxylic acids is 1. The predicted octanol–water partition coefficient (Wildman–Crippen LogP) is 3.58. The summed E-state index contributed by atoms with van der Waals surface area (Å²) in [5.74, 6) is 2.73. The van der Waals surface area contributed by atoms with Gasteiger partial charge in [-0.2, -0.15) is 0 Å². The summed E-state index contributed by atoms with van der Waals surface area (Å²) in [6.07, 6.45) is 7.10. The Kier molecular flexibility index (Phi) is 4.58. The van der Waals surface area contributed by atoms with Crippen LogP contribution < -0.4 is 5.32 Å². The molecular formula is C15H26ClNO. The minimum absolute atomic E-state index is 0.0921. The number of nitrogens with one attached hydrogen (secondary N) is 1. The molecule has 0 heterocycles. The van der Waals surface area contributed by atoms with Gasteiger partial charge in [-0.25, -0.2) is 0 Å². The van der Waals surface area contributed by atoms with Gasteiger partial charge in [-0.05, 0) is 43.9 Å². The molecule has 0 spiro atoms. The fraction of sp³-hybridized carbons (Fsp3) is 0.933. The zero-order chi connectivity index (χ0) is 13.2. The van der Waals surface area contributed by atoms with E-state index in [9.17, 15) is 4.79 Å². The molecule has 0 aliphatic heterocycles. The minimum atomic E-state index is 0.0921. The molecule has 2 saturated carbocycles. The lowest BCUT2D eigenvalue weighted by molar-refractivity contribution is -0.127. The smallest absolute Gasteiger partial charge is 0.223 e. The first-order valence-electron chi connectivity index (χ1n) is 7.47. The monoisotopic (exact) mass is 271 g/mol. The van der Waals surface area contributed by atoms with Crippen LogP contribution in [0.5, 0.6) is 0 Å². The van der Waals surface area contributed by atoms with Gasteiger partial charge in [0.25, 0.3) is 0 Å². The molecule has 0 aromatic carbocycles. The van der Waals surface area contributed by atoms with Gasteiger partial charge in [-0.1, -0.05) is 20.3 Å². The molecule has 1 N–H and O–H groups in total. The van der Waals surface area contributed by atoms with Gasteiger partial charge in [0.05, 0.1) is 0 Å². The van der Waals surface area contributed by atoms with Crippen LogP contribution in [0.3, 0.4) is 0 Å². The molecule has 2 fully saturated rings. The van der Waals surface area contributed by atoms with E-state index in [4.69, 9.17) is 11.6 Å². The Hall–Kier alpha value is -0.240. The Balaban J connectivity index is 1.84. The zero-order valence-electron chi connectivity index (χ0n) is 11.7. The summed E-state index contributed by atoms with van der Waals surface area (Å²) in [4.78, 5) is 12.3. The first-order valence-corrected chi connectivity index (χ1v) is 8.01. The van der Waals surface area contributed by atoms with E-state index in [-0.39, 0.29) is 5.41 Å². The molecule has 18 heavy (non-hydrogen) atoms. The topological polar surface area (TPSA) is 29.1 Å². The maximum absolute atomic E-state index is 12.3. The number of hydrogen-bond acceptors (Lipinski definition) is 1. The van der Waals surface area contributed by atoms with Crippen molar-refractivity contribution in [1.82, 2.24) is 5.32 Å². The van der Waals surface area contributed by atoms with Crippen LogP contribution >= 0.6 is 11.6 Å². The Bertz CT molecular complexity index is 293. The molecule has 0 saturated heterocycles. The molecule has 104 valence electrons. The Morgan fingerprint density at radius 3 is 2.44 bits per heavy atom. The fourth-order valence-corrected chi connectivity index (χ4v) is 4.18. The van der Waals surface area contributed by atoms with Gasteiger partial charge >= 0.3 is 0 Å². The van der Waals surface area contributed by atoms with Gasteiger partial charge in [0.15, 0.2) is 0 Å². The molecule has 3 atom stereocenters. The maximum atomic E-state index is 12.3. The molecule has 1 amide bonds. The average Bonchev–Trinajstić information content (AvgIpc) is 3.03. The second kappa shape index (κ2) is 5.81. The highest BCUT2D eigenvalue weighted by molar-refractivity contribution is 6.18. The normalized spacial score (nSPS) is 30.7. The number of fused-ring (bicyclic) bond motifs is 2. The molecule has 3 unspecified atom stereocenters. The van der Waals surface area contributed by atoms with Gasteiger partial charge in [-0.15, -0.1) is 11.6 Å². The highest BCUT2D eigenvalue weighted by Crippen LogP contribution is 2.48. The summed E-state index contributed by atoms with van der Waals surface area (Å²) < 4.78 is 0. The highest BCUT2D eigenvalue weighted by Gasteiger charge is 2.43. The number of carbonyl (C=O) groups is 1. The lowest BCUT2D eigenvalue weighted by Crippen LogP contribution is -2.42. The van der Waals surface area contributed by atoms with Gasteiger partial charge in [0.2, 0.25) is 5.91 Å². The molecule has 2 nitrogen and oxygen atoms in total. The van der Waals surface area contributed by atoms with E-state index in [1.807, 2.05) is 0 Å². The molecule has 2 aliphatic rings. The number of halogens is 1. The molecule has 2 bridgehead atoms. The summed E-state index contributed by atoms with van der Waals surface area (Å²) in [5.41, 5.74) is 0.0921. The summed E-state index contributed by atoms with van der Waals surface area (Å²) in [6.45, 7) is 5.07. The van der Waals surface area contributed by atoms with Crippen LogP contribution in [0.1, 0.15) is 52.4 Å². The molecule has 3 heteroatoms. The van der Waals surface area contributed by atoms with E-state index in [1.54, 1.807) is 0 Å². The summed E-state index contributed by atoms with van der Waals surface area (Å²) in [6, 6.07) is 0. The van der Waals surface area contributed by atoms with Crippen molar-refractivity contribution < 1.29 is 4.79 Å². The standard InChI is InChI=1S/C15H26ClNO/c1-3-15(4-2,9-16)10-17-14(18)13-8-11-5-6-12(13)7-11/h11-13H,3-10H2,1-2H3,(H,17,18). The third-order valence-electron chi connectivity index (χ3n) is 5.50. The average molecular weight is 272 g/mol. The summed E-state index contributed by atoms with van der Waals surface area (Å²) in [7, 11) is 0. The predicted molar refractivity (Wildman–Crippen MR) is 75.7 cm³/mol. The first kappa shape index (κ1) is 14.2. The van der Waals surface area contributed by atoms with Crippen LogP contribution in [-0.2, 0) is 4.79 Å². The third kappa shape index (κ3) is 2.68. The SMILES string of the molecule is CCC(CC)(CCl)CNC(=O)C1CC2CCC1C2. The van der Waals surface area contributed by atoms with Crippen LogP contribution in [0.4, 0.5) is 0 Å². The van der Waals surface area contributed by atoms with Crippen molar-refractivity contribution in [2.75, 3.05) is 12.4 Å². The Labute approximate surface area is 116 Å². The van der Waals surface area contributed by atoms with Crippen molar-refractivity contribution in [3.8, 4) is 0 Å². The van der Waals surface area contributed by atoms with Crippen LogP contribution in [-0.4, -0.2) is 18.3 Å². The van der Waals surface area contributed by atoms with E-state index in [0.29, 0.717) is 23.6 Å². The summed E-state index contributed by atoms with van der Waals surface area (Å²) >= 11 is 6.08. The van der Waals surface area contributed by atoms with Crippen molar-refractivity contribution in [1.29, 1.82) is 0 Å². The number of alkyl halides is 1.